The molecule has 0 saturated carbocycles. The third-order valence-corrected chi connectivity index (χ3v) is 4.68. The number of aryl methyl sites for hydroxylation is 1. The molecular weight excluding hydrogens is 388 g/mol. The van der Waals surface area contributed by atoms with Crippen LogP contribution in [0.4, 0.5) is 8.78 Å². The highest BCUT2D eigenvalue weighted by atomic mass is 19.1. The molecule has 0 bridgehead atoms. The molecule has 0 fully saturated rings. The number of aromatic nitrogens is 2. The maximum absolute atomic E-state index is 14.2. The van der Waals surface area contributed by atoms with Gasteiger partial charge >= 0.3 is 0 Å². The Hall–Kier alpha value is -2.77. The summed E-state index contributed by atoms with van der Waals surface area (Å²) in [5.74, 6) is -1.14. The summed E-state index contributed by atoms with van der Waals surface area (Å²) in [6, 6.07) is 12.9. The molecule has 5 nitrogen and oxygen atoms in total. The number of rotatable bonds is 9. The van der Waals surface area contributed by atoms with E-state index in [1.807, 2.05) is 30.3 Å². The van der Waals surface area contributed by atoms with Crippen LogP contribution in [0.1, 0.15) is 25.8 Å². The highest BCUT2D eigenvalue weighted by molar-refractivity contribution is 5.65. The largest absolute Gasteiger partial charge is 0.436 e. The summed E-state index contributed by atoms with van der Waals surface area (Å²) in [5, 5.41) is 14.5. The molecule has 3 rings (SSSR count). The summed E-state index contributed by atoms with van der Waals surface area (Å²) in [4.78, 5) is 2.11. The average Bonchev–Trinajstić information content (AvgIpc) is 3.00. The lowest BCUT2D eigenvalue weighted by molar-refractivity contribution is 0.122. The molecule has 2 aromatic carbocycles. The van der Waals surface area contributed by atoms with E-state index < -0.39 is 17.7 Å². The number of aliphatic hydroxyl groups excluding tert-OH is 1. The lowest BCUT2D eigenvalue weighted by atomic mass is 10.1. The van der Waals surface area contributed by atoms with Crippen LogP contribution in [0.15, 0.2) is 48.5 Å². The van der Waals surface area contributed by atoms with Crippen LogP contribution in [-0.2, 0) is 13.6 Å². The van der Waals surface area contributed by atoms with E-state index >= 15 is 0 Å². The molecule has 3 aromatic rings. The van der Waals surface area contributed by atoms with E-state index in [4.69, 9.17) is 4.74 Å². The first-order valence-electron chi connectivity index (χ1n) is 10.0. The summed E-state index contributed by atoms with van der Waals surface area (Å²) in [6.07, 6.45) is 0.420. The van der Waals surface area contributed by atoms with Crippen LogP contribution in [0, 0.1) is 11.6 Å². The monoisotopic (exact) mass is 415 g/mol. The fourth-order valence-electron chi connectivity index (χ4n) is 3.46. The van der Waals surface area contributed by atoms with Crippen LogP contribution in [0.3, 0.4) is 0 Å². The molecule has 0 aliphatic carbocycles. The zero-order valence-corrected chi connectivity index (χ0v) is 17.5. The highest BCUT2D eigenvalue weighted by Gasteiger charge is 2.23. The van der Waals surface area contributed by atoms with Crippen molar-refractivity contribution in [3.8, 4) is 22.9 Å². The second-order valence-corrected chi connectivity index (χ2v) is 7.38. The maximum atomic E-state index is 14.2. The number of halogens is 2. The van der Waals surface area contributed by atoms with Crippen molar-refractivity contribution in [3.63, 3.8) is 0 Å². The van der Waals surface area contributed by atoms with E-state index in [2.05, 4.69) is 16.9 Å². The first-order chi connectivity index (χ1) is 14.4. The van der Waals surface area contributed by atoms with Crippen molar-refractivity contribution in [3.05, 3.63) is 65.7 Å². The van der Waals surface area contributed by atoms with Crippen molar-refractivity contribution in [1.82, 2.24) is 14.7 Å². The Balaban J connectivity index is 2.05. The van der Waals surface area contributed by atoms with Gasteiger partial charge in [-0.25, -0.2) is 13.5 Å². The third kappa shape index (κ3) is 5.23. The van der Waals surface area contributed by atoms with Gasteiger partial charge in [-0.05, 0) is 32.0 Å². The summed E-state index contributed by atoms with van der Waals surface area (Å²) in [5.41, 5.74) is 2.41. The van der Waals surface area contributed by atoms with Gasteiger partial charge in [-0.1, -0.05) is 37.3 Å². The minimum atomic E-state index is -0.780. The number of ether oxygens (including phenoxy) is 1. The average molecular weight is 415 g/mol. The van der Waals surface area contributed by atoms with Crippen molar-refractivity contribution in [1.29, 1.82) is 0 Å². The first-order valence-corrected chi connectivity index (χ1v) is 10.0. The summed E-state index contributed by atoms with van der Waals surface area (Å²) >= 11 is 0. The Bertz CT molecular complexity index is 974. The molecule has 30 heavy (non-hydrogen) atoms. The van der Waals surface area contributed by atoms with Gasteiger partial charge in [0.2, 0.25) is 5.88 Å². The molecule has 1 atom stereocenters. The van der Waals surface area contributed by atoms with Gasteiger partial charge in [0.15, 0.2) is 11.6 Å². The lowest BCUT2D eigenvalue weighted by Crippen LogP contribution is -2.31. The van der Waals surface area contributed by atoms with E-state index in [0.717, 1.165) is 41.9 Å². The van der Waals surface area contributed by atoms with Crippen LogP contribution < -0.4 is 4.74 Å². The molecule has 0 spiro atoms. The zero-order chi connectivity index (χ0) is 21.7. The fourth-order valence-corrected chi connectivity index (χ4v) is 3.46. The Morgan fingerprint density at radius 2 is 1.90 bits per heavy atom. The Kier molecular flexibility index (Phi) is 7.18. The molecule has 1 N–H and O–H groups in total. The van der Waals surface area contributed by atoms with Crippen molar-refractivity contribution in [2.75, 3.05) is 13.1 Å². The quantitative estimate of drug-likeness (QED) is 0.548. The molecule has 160 valence electrons. The molecule has 0 unspecified atom stereocenters. The summed E-state index contributed by atoms with van der Waals surface area (Å²) in [7, 11) is 1.73. The number of aliphatic hydroxyl groups is 1. The molecule has 7 heteroatoms. The minimum absolute atomic E-state index is 0.0715. The van der Waals surface area contributed by atoms with Gasteiger partial charge in [0.25, 0.3) is 0 Å². The van der Waals surface area contributed by atoms with Crippen LogP contribution in [0.5, 0.6) is 11.6 Å². The van der Waals surface area contributed by atoms with Crippen LogP contribution in [0.25, 0.3) is 11.3 Å². The molecule has 0 radical (unpaired) electrons. The SMILES string of the molecule is CCCN(Cc1c(-c2ccccc2)nn(C)c1Oc1ccc(F)cc1F)C[C@@H](C)O. The Morgan fingerprint density at radius 3 is 2.53 bits per heavy atom. The van der Waals surface area contributed by atoms with Gasteiger partial charge in [-0.3, -0.25) is 4.90 Å². The highest BCUT2D eigenvalue weighted by Crippen LogP contribution is 2.35. The molecule has 0 saturated heterocycles. The van der Waals surface area contributed by atoms with Crippen LogP contribution >= 0.6 is 0 Å². The normalized spacial score (nSPS) is 12.4. The van der Waals surface area contributed by atoms with Gasteiger partial charge in [0, 0.05) is 31.8 Å². The molecular formula is C23H27F2N3O2. The topological polar surface area (TPSA) is 50.5 Å². The third-order valence-electron chi connectivity index (χ3n) is 4.68. The standard InChI is InChI=1S/C23H27F2N3O2/c1-4-12-28(14-16(2)29)15-19-22(17-8-6-5-7-9-17)26-27(3)23(19)30-21-11-10-18(24)13-20(21)25/h5-11,13,16,29H,4,12,14-15H2,1-3H3/t16-/m1/s1. The number of hydrogen-bond donors (Lipinski definition) is 1. The van der Waals surface area contributed by atoms with Crippen LogP contribution in [0.2, 0.25) is 0 Å². The van der Waals surface area contributed by atoms with Crippen molar-refractivity contribution >= 4 is 0 Å². The van der Waals surface area contributed by atoms with Gasteiger partial charge in [-0.2, -0.15) is 5.10 Å². The Labute approximate surface area is 175 Å². The maximum Gasteiger partial charge on any atom is 0.222 e. The molecule has 0 aliphatic heterocycles. The first kappa shape index (κ1) is 21.9. The van der Waals surface area contributed by atoms with Crippen LogP contribution in [-0.4, -0.2) is 39.0 Å². The molecule has 0 aliphatic rings. The lowest BCUT2D eigenvalue weighted by Gasteiger charge is -2.23. The van der Waals surface area contributed by atoms with Crippen molar-refractivity contribution < 1.29 is 18.6 Å². The summed E-state index contributed by atoms with van der Waals surface area (Å²) in [6.45, 7) is 5.55. The summed E-state index contributed by atoms with van der Waals surface area (Å²) < 4.78 is 35.0. The van der Waals surface area contributed by atoms with E-state index in [1.165, 1.54) is 6.07 Å². The fraction of sp³-hybridized carbons (Fsp3) is 0.348. The van der Waals surface area contributed by atoms with Gasteiger partial charge < -0.3 is 9.84 Å². The Morgan fingerprint density at radius 1 is 1.17 bits per heavy atom. The van der Waals surface area contributed by atoms with E-state index in [9.17, 15) is 13.9 Å². The predicted molar refractivity (Wildman–Crippen MR) is 112 cm³/mol. The number of hydrogen-bond acceptors (Lipinski definition) is 4. The molecule has 1 heterocycles. The van der Waals surface area contributed by atoms with E-state index in [-0.39, 0.29) is 5.75 Å². The second-order valence-electron chi connectivity index (χ2n) is 7.38. The van der Waals surface area contributed by atoms with Crippen molar-refractivity contribution in [2.45, 2.75) is 32.9 Å². The predicted octanol–water partition coefficient (Wildman–Crippen LogP) is 4.75. The number of benzene rings is 2. The molecule has 1 aromatic heterocycles. The molecule has 0 amide bonds. The zero-order valence-electron chi connectivity index (χ0n) is 17.5. The number of nitrogens with zero attached hydrogens (tertiary/aromatic N) is 3. The second kappa shape index (κ2) is 9.82. The van der Waals surface area contributed by atoms with Gasteiger partial charge in [-0.15, -0.1) is 0 Å². The van der Waals surface area contributed by atoms with E-state index in [0.29, 0.717) is 19.0 Å². The minimum Gasteiger partial charge on any atom is -0.436 e. The van der Waals surface area contributed by atoms with Crippen molar-refractivity contribution in [2.24, 2.45) is 7.05 Å². The van der Waals surface area contributed by atoms with Gasteiger partial charge in [0.1, 0.15) is 11.5 Å². The van der Waals surface area contributed by atoms with E-state index in [1.54, 1.807) is 18.7 Å². The van der Waals surface area contributed by atoms with Gasteiger partial charge in [0.05, 0.1) is 11.7 Å². The smallest absolute Gasteiger partial charge is 0.222 e.